The van der Waals surface area contributed by atoms with E-state index in [0.29, 0.717) is 36.0 Å². The van der Waals surface area contributed by atoms with Gasteiger partial charge in [0.25, 0.3) is 11.8 Å². The van der Waals surface area contributed by atoms with E-state index in [2.05, 4.69) is 5.32 Å². The summed E-state index contributed by atoms with van der Waals surface area (Å²) >= 11 is 0. The van der Waals surface area contributed by atoms with Gasteiger partial charge in [-0.2, -0.15) is 0 Å². The molecule has 0 aliphatic carbocycles. The summed E-state index contributed by atoms with van der Waals surface area (Å²) < 4.78 is 16.8. The van der Waals surface area contributed by atoms with Gasteiger partial charge in [-0.15, -0.1) is 0 Å². The molecule has 0 atom stereocenters. The van der Waals surface area contributed by atoms with Crippen LogP contribution in [0.3, 0.4) is 0 Å². The first kappa shape index (κ1) is 23.6. The molecule has 1 saturated heterocycles. The third kappa shape index (κ3) is 5.33. The number of hydrogen-bond donors (Lipinski definition) is 1. The number of hydrogen-bond acceptors (Lipinski definition) is 6. The van der Waals surface area contributed by atoms with Gasteiger partial charge in [-0.05, 0) is 54.5 Å². The highest BCUT2D eigenvalue weighted by Crippen LogP contribution is 2.30. The first-order chi connectivity index (χ1) is 17.0. The zero-order valence-corrected chi connectivity index (χ0v) is 19.3. The lowest BCUT2D eigenvalue weighted by atomic mass is 10.1. The summed E-state index contributed by atoms with van der Waals surface area (Å²) in [7, 11) is 1.50. The predicted octanol–water partition coefficient (Wildman–Crippen LogP) is 4.13. The van der Waals surface area contributed by atoms with Gasteiger partial charge >= 0.3 is 6.03 Å². The van der Waals surface area contributed by atoms with Gasteiger partial charge in [0, 0.05) is 0 Å². The zero-order chi connectivity index (χ0) is 24.8. The highest BCUT2D eigenvalue weighted by molar-refractivity contribution is 6.39. The Kier molecular flexibility index (Phi) is 7.11. The van der Waals surface area contributed by atoms with Crippen LogP contribution in [0.4, 0.5) is 10.5 Å². The van der Waals surface area contributed by atoms with E-state index < -0.39 is 17.8 Å². The molecule has 0 bridgehead atoms. The lowest BCUT2D eigenvalue weighted by Crippen LogP contribution is -2.54. The van der Waals surface area contributed by atoms with Crippen LogP contribution in [0.15, 0.2) is 78.4 Å². The number of urea groups is 1. The Morgan fingerprint density at radius 1 is 0.857 bits per heavy atom. The molecule has 0 radical (unpaired) electrons. The third-order valence-corrected chi connectivity index (χ3v) is 5.31. The van der Waals surface area contributed by atoms with E-state index in [1.807, 2.05) is 30.3 Å². The van der Waals surface area contributed by atoms with E-state index in [1.54, 1.807) is 49.4 Å². The second kappa shape index (κ2) is 10.6. The molecular weight excluding hydrogens is 448 g/mol. The maximum absolute atomic E-state index is 13.1. The number of benzene rings is 3. The van der Waals surface area contributed by atoms with Gasteiger partial charge in [-0.25, -0.2) is 9.69 Å². The van der Waals surface area contributed by atoms with Gasteiger partial charge in [0.15, 0.2) is 11.5 Å². The SMILES string of the molecule is COc1cc(C=C2C(=O)NC(=O)N(c3ccccc3C)C2=O)ccc1OCCOc1ccccc1. The van der Waals surface area contributed by atoms with Crippen LogP contribution in [-0.2, 0) is 9.59 Å². The number of para-hydroxylation sites is 2. The molecule has 4 rings (SSSR count). The highest BCUT2D eigenvalue weighted by atomic mass is 16.5. The largest absolute Gasteiger partial charge is 0.493 e. The molecule has 0 saturated carbocycles. The van der Waals surface area contributed by atoms with Crippen molar-refractivity contribution >= 4 is 29.6 Å². The molecule has 0 aromatic heterocycles. The van der Waals surface area contributed by atoms with Crippen molar-refractivity contribution < 1.29 is 28.6 Å². The number of imide groups is 2. The van der Waals surface area contributed by atoms with Crippen molar-refractivity contribution in [3.63, 3.8) is 0 Å². The standard InChI is InChI=1S/C27H24N2O6/c1-18-8-6-7-11-22(18)29-26(31)21(25(30)28-27(29)32)16-19-12-13-23(24(17-19)33-2)35-15-14-34-20-9-4-3-5-10-20/h3-13,16-17H,14-15H2,1-2H3,(H,28,30,32). The molecule has 1 fully saturated rings. The normalized spacial score (nSPS) is 14.6. The number of aryl methyl sites for hydroxylation is 1. The average molecular weight is 472 g/mol. The number of nitrogens with zero attached hydrogens (tertiary/aromatic N) is 1. The van der Waals surface area contributed by atoms with Crippen molar-refractivity contribution in [2.75, 3.05) is 25.2 Å². The average Bonchev–Trinajstić information content (AvgIpc) is 2.86. The van der Waals surface area contributed by atoms with Crippen LogP contribution in [0.2, 0.25) is 0 Å². The first-order valence-corrected chi connectivity index (χ1v) is 10.9. The van der Waals surface area contributed by atoms with E-state index in [4.69, 9.17) is 14.2 Å². The fourth-order valence-corrected chi connectivity index (χ4v) is 3.58. The minimum atomic E-state index is -0.787. The van der Waals surface area contributed by atoms with Crippen molar-refractivity contribution in [3.05, 3.63) is 89.5 Å². The molecule has 3 aromatic rings. The van der Waals surface area contributed by atoms with Crippen molar-refractivity contribution in [1.29, 1.82) is 0 Å². The quantitative estimate of drug-likeness (QED) is 0.301. The van der Waals surface area contributed by atoms with Gasteiger partial charge in [-0.1, -0.05) is 42.5 Å². The number of amides is 4. The van der Waals surface area contributed by atoms with Crippen molar-refractivity contribution in [3.8, 4) is 17.2 Å². The van der Waals surface area contributed by atoms with E-state index in [1.165, 1.54) is 13.2 Å². The molecular formula is C27H24N2O6. The minimum absolute atomic E-state index is 0.167. The number of anilines is 1. The molecule has 1 N–H and O–H groups in total. The summed E-state index contributed by atoms with van der Waals surface area (Å²) in [6.45, 7) is 2.42. The molecule has 178 valence electrons. The fourth-order valence-electron chi connectivity index (χ4n) is 3.58. The lowest BCUT2D eigenvalue weighted by Gasteiger charge is -2.27. The number of ether oxygens (including phenoxy) is 3. The van der Waals surface area contributed by atoms with Crippen LogP contribution in [0, 0.1) is 6.92 Å². The van der Waals surface area contributed by atoms with Crippen LogP contribution < -0.4 is 24.4 Å². The molecule has 4 amide bonds. The zero-order valence-electron chi connectivity index (χ0n) is 19.3. The lowest BCUT2D eigenvalue weighted by molar-refractivity contribution is -0.122. The second-order valence-corrected chi connectivity index (χ2v) is 7.66. The van der Waals surface area contributed by atoms with Gasteiger partial charge in [0.1, 0.15) is 24.5 Å². The Morgan fingerprint density at radius 2 is 1.57 bits per heavy atom. The molecule has 35 heavy (non-hydrogen) atoms. The summed E-state index contributed by atoms with van der Waals surface area (Å²) in [5.41, 5.74) is 1.50. The third-order valence-electron chi connectivity index (χ3n) is 5.31. The summed E-state index contributed by atoms with van der Waals surface area (Å²) in [6, 6.07) is 20.6. The molecule has 8 heteroatoms. The van der Waals surface area contributed by atoms with Crippen molar-refractivity contribution in [2.45, 2.75) is 6.92 Å². The molecule has 1 heterocycles. The maximum Gasteiger partial charge on any atom is 0.335 e. The van der Waals surface area contributed by atoms with Gasteiger partial charge in [-0.3, -0.25) is 14.9 Å². The summed E-state index contributed by atoms with van der Waals surface area (Å²) in [4.78, 5) is 39.0. The van der Waals surface area contributed by atoms with Crippen LogP contribution in [0.1, 0.15) is 11.1 Å². The first-order valence-electron chi connectivity index (χ1n) is 10.9. The highest BCUT2D eigenvalue weighted by Gasteiger charge is 2.37. The number of nitrogens with one attached hydrogen (secondary N) is 1. The summed E-state index contributed by atoms with van der Waals surface area (Å²) in [6.07, 6.45) is 1.42. The fraction of sp³-hybridized carbons (Fsp3) is 0.148. The number of barbiturate groups is 1. The van der Waals surface area contributed by atoms with E-state index in [0.717, 1.165) is 16.2 Å². The summed E-state index contributed by atoms with van der Waals surface area (Å²) in [5, 5.41) is 2.23. The smallest absolute Gasteiger partial charge is 0.335 e. The van der Waals surface area contributed by atoms with Gasteiger partial charge in [0.2, 0.25) is 0 Å². The Bertz CT molecular complexity index is 1290. The van der Waals surface area contributed by atoms with Crippen LogP contribution >= 0.6 is 0 Å². The molecule has 8 nitrogen and oxygen atoms in total. The Morgan fingerprint density at radius 3 is 2.31 bits per heavy atom. The topological polar surface area (TPSA) is 94.2 Å². The Hall–Kier alpha value is -4.59. The van der Waals surface area contributed by atoms with Gasteiger partial charge in [0.05, 0.1) is 12.8 Å². The van der Waals surface area contributed by atoms with Crippen LogP contribution in [-0.4, -0.2) is 38.2 Å². The molecule has 1 aliphatic heterocycles. The molecule has 3 aromatic carbocycles. The second-order valence-electron chi connectivity index (χ2n) is 7.66. The van der Waals surface area contributed by atoms with E-state index >= 15 is 0 Å². The molecule has 1 aliphatic rings. The van der Waals surface area contributed by atoms with Crippen LogP contribution in [0.25, 0.3) is 6.08 Å². The molecule has 0 spiro atoms. The Balaban J connectivity index is 1.50. The maximum atomic E-state index is 13.1. The van der Waals surface area contributed by atoms with E-state index in [-0.39, 0.29) is 5.57 Å². The summed E-state index contributed by atoms with van der Waals surface area (Å²) in [5.74, 6) is 0.197. The van der Waals surface area contributed by atoms with Gasteiger partial charge < -0.3 is 14.2 Å². The van der Waals surface area contributed by atoms with Crippen molar-refractivity contribution in [1.82, 2.24) is 5.32 Å². The number of carbonyl (C=O) groups excluding carboxylic acids is 3. The number of carbonyl (C=O) groups is 3. The monoisotopic (exact) mass is 472 g/mol. The molecule has 0 unspecified atom stereocenters. The number of methoxy groups -OCH3 is 1. The van der Waals surface area contributed by atoms with Crippen molar-refractivity contribution in [2.24, 2.45) is 0 Å². The Labute approximate surface area is 202 Å². The minimum Gasteiger partial charge on any atom is -0.493 e. The number of rotatable bonds is 8. The predicted molar refractivity (Wildman–Crippen MR) is 131 cm³/mol. The van der Waals surface area contributed by atoms with E-state index in [9.17, 15) is 14.4 Å². The van der Waals surface area contributed by atoms with Crippen LogP contribution in [0.5, 0.6) is 17.2 Å².